The van der Waals surface area contributed by atoms with Gasteiger partial charge in [-0.2, -0.15) is 0 Å². The van der Waals surface area contributed by atoms with Crippen LogP contribution in [0.5, 0.6) is 0 Å². The number of ether oxygens (including phenoxy) is 1. The van der Waals surface area contributed by atoms with Crippen molar-refractivity contribution in [3.05, 3.63) is 27.2 Å². The lowest BCUT2D eigenvalue weighted by atomic mass is 9.97. The fourth-order valence-electron chi connectivity index (χ4n) is 3.67. The van der Waals surface area contributed by atoms with Crippen LogP contribution in [-0.2, 0) is 20.7 Å². The van der Waals surface area contributed by atoms with Gasteiger partial charge in [0.25, 0.3) is 0 Å². The summed E-state index contributed by atoms with van der Waals surface area (Å²) in [4.78, 5) is 43.0. The number of amides is 2. The average Bonchev–Trinajstić information content (AvgIpc) is 3.63. The predicted molar refractivity (Wildman–Crippen MR) is 129 cm³/mol. The summed E-state index contributed by atoms with van der Waals surface area (Å²) in [6.45, 7) is 5.20. The van der Waals surface area contributed by atoms with Crippen LogP contribution in [0.4, 0.5) is 5.13 Å². The van der Waals surface area contributed by atoms with Gasteiger partial charge in [-0.3, -0.25) is 9.59 Å². The third kappa shape index (κ3) is 6.28. The summed E-state index contributed by atoms with van der Waals surface area (Å²) in [5.74, 6) is -0.142. The lowest BCUT2D eigenvalue weighted by Crippen LogP contribution is -2.38. The first-order valence-corrected chi connectivity index (χ1v) is 13.2. The van der Waals surface area contributed by atoms with Crippen LogP contribution >= 0.6 is 22.7 Å². The van der Waals surface area contributed by atoms with Gasteiger partial charge in [0.1, 0.15) is 10.7 Å². The fourth-order valence-corrected chi connectivity index (χ4v) is 5.34. The van der Waals surface area contributed by atoms with Crippen LogP contribution < -0.4 is 5.32 Å². The predicted octanol–water partition coefficient (Wildman–Crippen LogP) is 3.51. The van der Waals surface area contributed by atoms with Crippen LogP contribution in [0.2, 0.25) is 0 Å². The first kappa shape index (κ1) is 24.9. The number of piperidine rings is 1. The highest BCUT2D eigenvalue weighted by Gasteiger charge is 2.27. The second kappa shape index (κ2) is 11.5. The number of nitrogens with one attached hydrogen (secondary N) is 1. The molecule has 4 rings (SSSR count). The van der Waals surface area contributed by atoms with Crippen LogP contribution in [-0.4, -0.2) is 62.7 Å². The van der Waals surface area contributed by atoms with Gasteiger partial charge in [0, 0.05) is 43.3 Å². The van der Waals surface area contributed by atoms with E-state index in [0.717, 1.165) is 29.3 Å². The van der Waals surface area contributed by atoms with Gasteiger partial charge in [0.05, 0.1) is 11.6 Å². The monoisotopic (exact) mass is 518 g/mol. The molecule has 0 spiro atoms. The van der Waals surface area contributed by atoms with Crippen LogP contribution in [0.1, 0.15) is 66.0 Å². The minimum Gasteiger partial charge on any atom is -0.461 e. The largest absolute Gasteiger partial charge is 0.461 e. The van der Waals surface area contributed by atoms with Crippen molar-refractivity contribution < 1.29 is 23.6 Å². The van der Waals surface area contributed by atoms with Gasteiger partial charge >= 0.3 is 5.97 Å². The molecular weight excluding hydrogens is 492 g/mol. The molecule has 0 atom stereocenters. The van der Waals surface area contributed by atoms with E-state index in [1.807, 2.05) is 12.3 Å². The van der Waals surface area contributed by atoms with Crippen molar-refractivity contribution in [3.8, 4) is 11.5 Å². The Morgan fingerprint density at radius 1 is 1.20 bits per heavy atom. The smallest absolute Gasteiger partial charge is 0.360 e. The average molecular weight is 519 g/mol. The highest BCUT2D eigenvalue weighted by atomic mass is 32.1. The zero-order valence-electron chi connectivity index (χ0n) is 19.5. The van der Waals surface area contributed by atoms with Crippen molar-refractivity contribution in [3.63, 3.8) is 0 Å². The molecule has 1 aliphatic rings. The Labute approximate surface area is 209 Å². The van der Waals surface area contributed by atoms with E-state index < -0.39 is 5.97 Å². The molecule has 2 amide bonds. The Kier molecular flexibility index (Phi) is 8.18. The summed E-state index contributed by atoms with van der Waals surface area (Å²) in [5, 5.41) is 18.5. The number of anilines is 1. The number of aryl methyl sites for hydroxylation is 1. The number of esters is 1. The number of carbonyl (C=O) groups is 3. The van der Waals surface area contributed by atoms with Crippen molar-refractivity contribution in [2.24, 2.45) is 0 Å². The van der Waals surface area contributed by atoms with Crippen LogP contribution in [0.15, 0.2) is 16.0 Å². The number of rotatable bonds is 9. The molecule has 11 nitrogen and oxygen atoms in total. The zero-order valence-corrected chi connectivity index (χ0v) is 21.1. The van der Waals surface area contributed by atoms with Gasteiger partial charge < -0.3 is 19.5 Å². The molecule has 3 aromatic rings. The highest BCUT2D eigenvalue weighted by molar-refractivity contribution is 7.15. The molecule has 3 aromatic heterocycles. The molecule has 35 heavy (non-hydrogen) atoms. The molecule has 13 heteroatoms. The van der Waals surface area contributed by atoms with Crippen LogP contribution in [0.3, 0.4) is 0 Å². The molecule has 1 N–H and O–H groups in total. The Hall–Kier alpha value is -3.19. The van der Waals surface area contributed by atoms with E-state index in [0.29, 0.717) is 29.7 Å². The Balaban J connectivity index is 1.23. The van der Waals surface area contributed by atoms with Crippen molar-refractivity contribution in [2.45, 2.75) is 51.9 Å². The number of aromatic nitrogens is 4. The minimum absolute atomic E-state index is 0.0295. The maximum Gasteiger partial charge on any atom is 0.360 e. The summed E-state index contributed by atoms with van der Waals surface area (Å²) in [7, 11) is 0. The van der Waals surface area contributed by atoms with Crippen LogP contribution in [0.25, 0.3) is 11.5 Å². The molecule has 1 aliphatic heterocycles. The Bertz CT molecular complexity index is 1180. The molecule has 0 unspecified atom stereocenters. The SMILES string of the molecule is CCOC(=O)c1cc(-c2csc(C3CCN(C(=O)CCC(=O)Nc4nnc(CC)s4)CC3)n2)on1. The number of hydrogen-bond acceptors (Lipinski definition) is 11. The number of thiazole rings is 1. The van der Waals surface area contributed by atoms with Gasteiger partial charge in [-0.15, -0.1) is 21.5 Å². The third-order valence-corrected chi connectivity index (χ3v) is 7.54. The lowest BCUT2D eigenvalue weighted by Gasteiger charge is -2.31. The Morgan fingerprint density at radius 3 is 2.71 bits per heavy atom. The molecule has 1 saturated heterocycles. The van der Waals surface area contributed by atoms with Crippen molar-refractivity contribution in [1.82, 2.24) is 25.2 Å². The standard InChI is InChI=1S/C22H26N6O5S2/c1-3-18-25-26-22(35-18)24-17(29)5-6-19(30)28-9-7-13(8-10-28)20-23-15(12-34-20)16-11-14(27-33-16)21(31)32-4-2/h11-13H,3-10H2,1-2H3,(H,24,26,29). The molecule has 0 radical (unpaired) electrons. The third-order valence-electron chi connectivity index (χ3n) is 5.55. The van der Waals surface area contributed by atoms with E-state index in [4.69, 9.17) is 9.26 Å². The van der Waals surface area contributed by atoms with Gasteiger partial charge in [0.15, 0.2) is 11.5 Å². The quantitative estimate of drug-likeness (QED) is 0.421. The van der Waals surface area contributed by atoms with E-state index in [1.54, 1.807) is 11.8 Å². The zero-order chi connectivity index (χ0) is 24.8. The Morgan fingerprint density at radius 2 is 2.00 bits per heavy atom. The maximum absolute atomic E-state index is 12.6. The number of hydrogen-bond donors (Lipinski definition) is 1. The van der Waals surface area contributed by atoms with Gasteiger partial charge in [-0.25, -0.2) is 9.78 Å². The minimum atomic E-state index is -0.529. The highest BCUT2D eigenvalue weighted by Crippen LogP contribution is 2.33. The molecule has 0 aromatic carbocycles. The number of likely N-dealkylation sites (tertiary alicyclic amines) is 1. The normalized spacial score (nSPS) is 14.2. The first-order chi connectivity index (χ1) is 17.0. The van der Waals surface area contributed by atoms with Crippen molar-refractivity contribution in [2.75, 3.05) is 25.0 Å². The number of carbonyl (C=O) groups excluding carboxylic acids is 3. The molecule has 0 aliphatic carbocycles. The molecule has 186 valence electrons. The maximum atomic E-state index is 12.6. The van der Waals surface area contributed by atoms with Gasteiger partial charge in [-0.05, 0) is 26.2 Å². The first-order valence-electron chi connectivity index (χ1n) is 11.5. The second-order valence-electron chi connectivity index (χ2n) is 7.93. The van der Waals surface area contributed by atoms with E-state index in [2.05, 4.69) is 25.7 Å². The van der Waals surface area contributed by atoms with Crippen molar-refractivity contribution in [1.29, 1.82) is 0 Å². The molecular formula is C22H26N6O5S2. The van der Waals surface area contributed by atoms with Crippen molar-refractivity contribution >= 4 is 45.6 Å². The van der Waals surface area contributed by atoms with E-state index in [-0.39, 0.29) is 42.9 Å². The van der Waals surface area contributed by atoms with Crippen LogP contribution in [0, 0.1) is 0 Å². The summed E-state index contributed by atoms with van der Waals surface area (Å²) in [6, 6.07) is 1.53. The van der Waals surface area contributed by atoms with Gasteiger partial charge in [-0.1, -0.05) is 23.4 Å². The summed E-state index contributed by atoms with van der Waals surface area (Å²) >= 11 is 2.87. The van der Waals surface area contributed by atoms with E-state index in [9.17, 15) is 14.4 Å². The fraction of sp³-hybridized carbons (Fsp3) is 0.500. The van der Waals surface area contributed by atoms with E-state index >= 15 is 0 Å². The summed E-state index contributed by atoms with van der Waals surface area (Å²) in [6.07, 6.45) is 2.62. The molecule has 1 fully saturated rings. The number of nitrogens with zero attached hydrogens (tertiary/aromatic N) is 5. The molecule has 0 bridgehead atoms. The van der Waals surface area contributed by atoms with Gasteiger partial charge in [0.2, 0.25) is 16.9 Å². The summed E-state index contributed by atoms with van der Waals surface area (Å²) in [5.41, 5.74) is 0.741. The topological polar surface area (TPSA) is 140 Å². The lowest BCUT2D eigenvalue weighted by molar-refractivity contribution is -0.133. The molecule has 0 saturated carbocycles. The molecule has 4 heterocycles. The summed E-state index contributed by atoms with van der Waals surface area (Å²) < 4.78 is 10.2. The second-order valence-corrected chi connectivity index (χ2v) is 9.88. The van der Waals surface area contributed by atoms with E-state index in [1.165, 1.54) is 28.7 Å².